The van der Waals surface area contributed by atoms with E-state index in [9.17, 15) is 14.7 Å². The molecule has 2 heterocycles. The fourth-order valence-electron chi connectivity index (χ4n) is 3.28. The second-order valence-electron chi connectivity index (χ2n) is 6.30. The van der Waals surface area contributed by atoms with Crippen molar-refractivity contribution in [2.45, 2.75) is 25.8 Å². The van der Waals surface area contributed by atoms with Crippen LogP contribution < -0.4 is 0 Å². The molecule has 6 nitrogen and oxygen atoms in total. The molecule has 0 aliphatic carbocycles. The minimum Gasteiger partial charge on any atom is -0.481 e. The van der Waals surface area contributed by atoms with Gasteiger partial charge in [-0.3, -0.25) is 14.3 Å². The Labute approximate surface area is 151 Å². The van der Waals surface area contributed by atoms with Gasteiger partial charge in [-0.05, 0) is 24.1 Å². The van der Waals surface area contributed by atoms with Crippen LogP contribution in [-0.2, 0) is 11.3 Å². The van der Waals surface area contributed by atoms with Crippen LogP contribution in [0.15, 0.2) is 36.7 Å². The maximum absolute atomic E-state index is 12.7. The molecule has 1 aliphatic heterocycles. The number of nitrogens with zero attached hydrogens (tertiary/aromatic N) is 3. The Bertz CT molecular complexity index is 772. The molecule has 1 aromatic heterocycles. The molecule has 2 atom stereocenters. The maximum Gasteiger partial charge on any atom is 0.308 e. The number of hydrogen-bond donors (Lipinski definition) is 1. The Hall–Kier alpha value is -2.34. The van der Waals surface area contributed by atoms with Crippen LogP contribution >= 0.6 is 11.6 Å². The molecule has 0 saturated carbocycles. The van der Waals surface area contributed by atoms with Crippen molar-refractivity contribution in [3.8, 4) is 0 Å². The first-order valence-electron chi connectivity index (χ1n) is 8.29. The van der Waals surface area contributed by atoms with E-state index in [0.29, 0.717) is 17.1 Å². The summed E-state index contributed by atoms with van der Waals surface area (Å²) in [6, 6.07) is 7.15. The number of carboxylic acid groups (broad SMARTS) is 1. The lowest BCUT2D eigenvalue weighted by atomic mass is 9.89. The standard InChI is InChI=1S/C18H20ClN3O3/c1-2-7-22-9-13(8-20-22)17(23)21-10-15(16(11-21)18(24)25)12-3-5-14(19)6-4-12/h3-6,8-9,15-16H,2,7,10-11H2,1H3,(H,24,25)/t15-,16+/m0/s1. The fraction of sp³-hybridized carbons (Fsp3) is 0.389. The molecule has 0 radical (unpaired) electrons. The third kappa shape index (κ3) is 3.69. The van der Waals surface area contributed by atoms with E-state index in [0.717, 1.165) is 18.5 Å². The zero-order valence-electron chi connectivity index (χ0n) is 13.9. The molecule has 1 aromatic carbocycles. The quantitative estimate of drug-likeness (QED) is 0.888. The van der Waals surface area contributed by atoms with E-state index >= 15 is 0 Å². The van der Waals surface area contributed by atoms with Crippen LogP contribution in [0, 0.1) is 5.92 Å². The van der Waals surface area contributed by atoms with E-state index in [2.05, 4.69) is 5.10 Å². The van der Waals surface area contributed by atoms with Crippen molar-refractivity contribution in [3.63, 3.8) is 0 Å². The van der Waals surface area contributed by atoms with Gasteiger partial charge in [0.05, 0.1) is 17.7 Å². The number of carbonyl (C=O) groups is 2. The summed E-state index contributed by atoms with van der Waals surface area (Å²) in [6.45, 7) is 3.35. The molecule has 3 rings (SSSR count). The van der Waals surface area contributed by atoms with Gasteiger partial charge in [0.1, 0.15) is 0 Å². The number of aromatic nitrogens is 2. The highest BCUT2D eigenvalue weighted by Crippen LogP contribution is 2.34. The lowest BCUT2D eigenvalue weighted by molar-refractivity contribution is -0.141. The number of aryl methyl sites for hydroxylation is 1. The van der Waals surface area contributed by atoms with Crippen molar-refractivity contribution in [2.24, 2.45) is 5.92 Å². The molecule has 1 aliphatic rings. The lowest BCUT2D eigenvalue weighted by Gasteiger charge is -2.16. The van der Waals surface area contributed by atoms with Gasteiger partial charge >= 0.3 is 5.97 Å². The number of amides is 1. The number of halogens is 1. The van der Waals surface area contributed by atoms with Gasteiger partial charge in [-0.15, -0.1) is 0 Å². The fourth-order valence-corrected chi connectivity index (χ4v) is 3.40. The van der Waals surface area contributed by atoms with E-state index in [-0.39, 0.29) is 18.4 Å². The summed E-state index contributed by atoms with van der Waals surface area (Å²) in [4.78, 5) is 26.0. The number of benzene rings is 1. The van der Waals surface area contributed by atoms with E-state index in [4.69, 9.17) is 11.6 Å². The third-order valence-electron chi connectivity index (χ3n) is 4.56. The van der Waals surface area contributed by atoms with E-state index in [1.165, 1.54) is 0 Å². The Morgan fingerprint density at radius 3 is 2.64 bits per heavy atom. The average molecular weight is 362 g/mol. The predicted molar refractivity (Wildman–Crippen MR) is 93.7 cm³/mol. The molecule has 25 heavy (non-hydrogen) atoms. The number of carbonyl (C=O) groups excluding carboxylic acids is 1. The molecule has 7 heteroatoms. The van der Waals surface area contributed by atoms with Gasteiger partial charge in [0.15, 0.2) is 0 Å². The summed E-state index contributed by atoms with van der Waals surface area (Å²) in [6.07, 6.45) is 4.19. The summed E-state index contributed by atoms with van der Waals surface area (Å²) >= 11 is 5.91. The summed E-state index contributed by atoms with van der Waals surface area (Å²) in [5.41, 5.74) is 1.38. The first-order valence-corrected chi connectivity index (χ1v) is 8.67. The van der Waals surface area contributed by atoms with Gasteiger partial charge < -0.3 is 10.0 Å². The van der Waals surface area contributed by atoms with E-state index < -0.39 is 11.9 Å². The van der Waals surface area contributed by atoms with Crippen LogP contribution in [0.1, 0.15) is 35.2 Å². The van der Waals surface area contributed by atoms with E-state index in [1.807, 2.05) is 19.1 Å². The molecule has 132 valence electrons. The van der Waals surface area contributed by atoms with E-state index in [1.54, 1.807) is 34.1 Å². The average Bonchev–Trinajstić information content (AvgIpc) is 3.22. The summed E-state index contributed by atoms with van der Waals surface area (Å²) in [5.74, 6) is -1.94. The Balaban J connectivity index is 1.80. The van der Waals surface area contributed by atoms with Crippen LogP contribution in [-0.4, -0.2) is 44.8 Å². The highest BCUT2D eigenvalue weighted by Gasteiger charge is 2.40. The summed E-state index contributed by atoms with van der Waals surface area (Å²) in [5, 5.41) is 14.3. The van der Waals surface area contributed by atoms with Crippen LogP contribution in [0.25, 0.3) is 0 Å². The first kappa shape index (κ1) is 17.5. The molecule has 0 bridgehead atoms. The molecule has 1 N–H and O–H groups in total. The highest BCUT2D eigenvalue weighted by atomic mass is 35.5. The SMILES string of the molecule is CCCn1cc(C(=O)N2C[C@@H](C(=O)O)[C@H](c3ccc(Cl)cc3)C2)cn1. The van der Waals surface area contributed by atoms with Crippen LogP contribution in [0.4, 0.5) is 0 Å². The maximum atomic E-state index is 12.7. The molecule has 0 unspecified atom stereocenters. The second kappa shape index (κ2) is 7.27. The largest absolute Gasteiger partial charge is 0.481 e. The molecule has 1 saturated heterocycles. The third-order valence-corrected chi connectivity index (χ3v) is 4.81. The van der Waals surface area contributed by atoms with Crippen LogP contribution in [0.3, 0.4) is 0 Å². The number of rotatable bonds is 5. The van der Waals surface area contributed by atoms with Gasteiger partial charge in [0.2, 0.25) is 0 Å². The molecule has 0 spiro atoms. The van der Waals surface area contributed by atoms with Crippen molar-refractivity contribution in [2.75, 3.05) is 13.1 Å². The topological polar surface area (TPSA) is 75.4 Å². The predicted octanol–water partition coefficient (Wildman–Crippen LogP) is 2.89. The van der Waals surface area contributed by atoms with Crippen molar-refractivity contribution in [3.05, 3.63) is 52.8 Å². The normalized spacial score (nSPS) is 20.0. The van der Waals surface area contributed by atoms with Crippen molar-refractivity contribution in [1.82, 2.24) is 14.7 Å². The Morgan fingerprint density at radius 1 is 1.28 bits per heavy atom. The highest BCUT2D eigenvalue weighted by molar-refractivity contribution is 6.30. The number of carboxylic acids is 1. The molecular weight excluding hydrogens is 342 g/mol. The van der Waals surface area contributed by atoms with Crippen LogP contribution in [0.2, 0.25) is 5.02 Å². The minimum atomic E-state index is -0.892. The molecule has 2 aromatic rings. The monoisotopic (exact) mass is 361 g/mol. The number of likely N-dealkylation sites (tertiary alicyclic amines) is 1. The van der Waals surface area contributed by atoms with Gasteiger partial charge in [0, 0.05) is 36.8 Å². The van der Waals surface area contributed by atoms with Gasteiger partial charge in [0.25, 0.3) is 5.91 Å². The number of hydrogen-bond acceptors (Lipinski definition) is 3. The molecular formula is C18H20ClN3O3. The van der Waals surface area contributed by atoms with Gasteiger partial charge in [-0.2, -0.15) is 5.10 Å². The van der Waals surface area contributed by atoms with Crippen molar-refractivity contribution >= 4 is 23.5 Å². The molecule has 1 amide bonds. The second-order valence-corrected chi connectivity index (χ2v) is 6.74. The zero-order chi connectivity index (χ0) is 18.0. The summed E-state index contributed by atoms with van der Waals surface area (Å²) < 4.78 is 1.73. The summed E-state index contributed by atoms with van der Waals surface area (Å²) in [7, 11) is 0. The van der Waals surface area contributed by atoms with Crippen LogP contribution in [0.5, 0.6) is 0 Å². The minimum absolute atomic E-state index is 0.176. The smallest absolute Gasteiger partial charge is 0.308 e. The van der Waals surface area contributed by atoms with Gasteiger partial charge in [-0.1, -0.05) is 30.7 Å². The lowest BCUT2D eigenvalue weighted by Crippen LogP contribution is -2.29. The Kier molecular flexibility index (Phi) is 5.08. The zero-order valence-corrected chi connectivity index (χ0v) is 14.7. The first-order chi connectivity index (χ1) is 12.0. The Morgan fingerprint density at radius 2 is 2.00 bits per heavy atom. The van der Waals surface area contributed by atoms with Crippen molar-refractivity contribution < 1.29 is 14.7 Å². The molecule has 1 fully saturated rings. The number of aliphatic carboxylic acids is 1. The van der Waals surface area contributed by atoms with Gasteiger partial charge in [-0.25, -0.2) is 0 Å². The van der Waals surface area contributed by atoms with Crippen molar-refractivity contribution in [1.29, 1.82) is 0 Å².